The summed E-state index contributed by atoms with van der Waals surface area (Å²) in [5.41, 5.74) is 6.73. The number of rotatable bonds is 19. The van der Waals surface area contributed by atoms with E-state index in [1.165, 1.54) is 0 Å². The number of hydrogen-bond donors (Lipinski definition) is 2. The van der Waals surface area contributed by atoms with Crippen LogP contribution in [-0.2, 0) is 35.1 Å². The van der Waals surface area contributed by atoms with Gasteiger partial charge >= 0.3 is 0 Å². The molecule has 1 saturated heterocycles. The van der Waals surface area contributed by atoms with Crippen LogP contribution in [0.25, 0.3) is 0 Å². The van der Waals surface area contributed by atoms with Crippen LogP contribution < -0.4 is 11.1 Å². The lowest BCUT2D eigenvalue weighted by atomic mass is 9.90. The molecule has 1 aliphatic heterocycles. The van der Waals surface area contributed by atoms with Crippen molar-refractivity contribution in [2.75, 3.05) is 61.2 Å². The Morgan fingerprint density at radius 1 is 1.10 bits per heavy atom. The average molecular weight is 714 g/mol. The molecular formula is C38H63N7O6. The maximum Gasteiger partial charge on any atom is 0.242 e. The van der Waals surface area contributed by atoms with Crippen LogP contribution in [0.15, 0.2) is 24.3 Å². The fourth-order valence-corrected chi connectivity index (χ4v) is 6.96. The van der Waals surface area contributed by atoms with Crippen molar-refractivity contribution in [1.82, 2.24) is 24.9 Å². The number of nitrogens with two attached hydrogens (primary N) is 1. The van der Waals surface area contributed by atoms with E-state index < -0.39 is 29.7 Å². The third-order valence-corrected chi connectivity index (χ3v) is 11.0. The number of methoxy groups -OCH3 is 2. The Labute approximate surface area is 305 Å². The van der Waals surface area contributed by atoms with Crippen molar-refractivity contribution in [3.05, 3.63) is 29.8 Å². The molecule has 7 atom stereocenters. The minimum absolute atomic E-state index is 0.00594. The van der Waals surface area contributed by atoms with Crippen LogP contribution >= 0.6 is 0 Å². The van der Waals surface area contributed by atoms with E-state index in [0.29, 0.717) is 25.1 Å². The highest BCUT2D eigenvalue weighted by Gasteiger charge is 2.43. The van der Waals surface area contributed by atoms with Gasteiger partial charge in [-0.3, -0.25) is 24.1 Å². The largest absolute Gasteiger partial charge is 0.399 e. The number of nitrogen functional groups attached to an aromatic ring is 1. The van der Waals surface area contributed by atoms with Crippen LogP contribution in [0, 0.1) is 23.2 Å². The van der Waals surface area contributed by atoms with E-state index in [9.17, 15) is 24.4 Å². The number of likely N-dealkylation sites (N-methyl/N-ethyl adjacent to an activating group) is 3. The first-order valence-corrected chi connectivity index (χ1v) is 18.0. The maximum atomic E-state index is 14.1. The van der Waals surface area contributed by atoms with Crippen LogP contribution in [-0.4, -0.2) is 135 Å². The number of carbonyl (C=O) groups excluding carboxylic acids is 4. The maximum absolute atomic E-state index is 14.1. The smallest absolute Gasteiger partial charge is 0.242 e. The van der Waals surface area contributed by atoms with E-state index in [0.717, 1.165) is 18.4 Å². The molecule has 0 saturated carbocycles. The summed E-state index contributed by atoms with van der Waals surface area (Å²) in [5.74, 6) is -1.45. The van der Waals surface area contributed by atoms with Gasteiger partial charge in [-0.2, -0.15) is 5.26 Å². The Hall–Kier alpha value is -3.73. The van der Waals surface area contributed by atoms with E-state index in [-0.39, 0.29) is 61.0 Å². The van der Waals surface area contributed by atoms with Crippen molar-refractivity contribution >= 4 is 29.3 Å². The number of nitrogens with zero attached hydrogens (tertiary/aromatic N) is 5. The van der Waals surface area contributed by atoms with Crippen molar-refractivity contribution < 1.29 is 28.7 Å². The minimum atomic E-state index is -0.796. The summed E-state index contributed by atoms with van der Waals surface area (Å²) in [4.78, 5) is 61.0. The summed E-state index contributed by atoms with van der Waals surface area (Å²) in [7, 11) is 10.1. The Morgan fingerprint density at radius 2 is 1.76 bits per heavy atom. The van der Waals surface area contributed by atoms with Gasteiger partial charge in [0.1, 0.15) is 0 Å². The molecule has 1 heterocycles. The summed E-state index contributed by atoms with van der Waals surface area (Å²) in [6, 6.07) is 8.51. The standard InChI is InChI=1S/C38H63N7O6/c1-12-25(2)34(44(9)33(47)24-41-37(49)38(4,5)42(6)7)31(50-10)23-32(46)45-20-14-17-30(45)35(51-11)26(3)36(48)43(8)29(18-19-39)22-27-15-13-16-28(40)21-27/h13,15-16,21,25-26,29-31,34-35H,12,14,17-18,20,22-24,40H2,1-11H3,(H,41,49). The zero-order valence-corrected chi connectivity index (χ0v) is 32.8. The first kappa shape index (κ1) is 43.4. The number of benzene rings is 1. The monoisotopic (exact) mass is 713 g/mol. The van der Waals surface area contributed by atoms with Crippen LogP contribution in [0.4, 0.5) is 5.69 Å². The van der Waals surface area contributed by atoms with Crippen molar-refractivity contribution in [3.63, 3.8) is 0 Å². The number of carbonyl (C=O) groups is 4. The molecule has 1 aliphatic rings. The summed E-state index contributed by atoms with van der Waals surface area (Å²) >= 11 is 0. The van der Waals surface area contributed by atoms with Crippen LogP contribution in [0.2, 0.25) is 0 Å². The Bertz CT molecular complexity index is 1360. The third-order valence-electron chi connectivity index (χ3n) is 11.0. The van der Waals surface area contributed by atoms with E-state index in [1.807, 2.05) is 39.0 Å². The fraction of sp³-hybridized carbons (Fsp3) is 0.711. The molecule has 0 radical (unpaired) electrons. The zero-order valence-electron chi connectivity index (χ0n) is 32.8. The van der Waals surface area contributed by atoms with E-state index >= 15 is 0 Å². The van der Waals surface area contributed by atoms with E-state index in [4.69, 9.17) is 15.2 Å². The van der Waals surface area contributed by atoms with Gasteiger partial charge in [0.15, 0.2) is 0 Å². The summed E-state index contributed by atoms with van der Waals surface area (Å²) < 4.78 is 11.9. The number of amides is 4. The molecule has 0 spiro atoms. The average Bonchev–Trinajstić information content (AvgIpc) is 3.58. The molecule has 13 nitrogen and oxygen atoms in total. The molecule has 0 aromatic heterocycles. The lowest BCUT2D eigenvalue weighted by Crippen LogP contribution is -2.56. The first-order valence-electron chi connectivity index (χ1n) is 18.0. The van der Waals surface area contributed by atoms with Gasteiger partial charge in [-0.15, -0.1) is 0 Å². The molecule has 0 bridgehead atoms. The van der Waals surface area contributed by atoms with Gasteiger partial charge in [0, 0.05) is 46.6 Å². The molecule has 13 heteroatoms. The Kier molecular flexibility index (Phi) is 16.8. The van der Waals surface area contributed by atoms with E-state index in [1.54, 1.807) is 81.9 Å². The normalized spacial score (nSPS) is 18.3. The highest BCUT2D eigenvalue weighted by molar-refractivity contribution is 5.89. The van der Waals surface area contributed by atoms with Crippen molar-refractivity contribution in [3.8, 4) is 6.07 Å². The molecule has 2 rings (SSSR count). The van der Waals surface area contributed by atoms with Gasteiger partial charge in [-0.05, 0) is 70.8 Å². The summed E-state index contributed by atoms with van der Waals surface area (Å²) in [6.45, 7) is 9.77. The predicted molar refractivity (Wildman–Crippen MR) is 198 cm³/mol. The highest BCUT2D eigenvalue weighted by atomic mass is 16.5. The van der Waals surface area contributed by atoms with Crippen LogP contribution in [0.5, 0.6) is 0 Å². The van der Waals surface area contributed by atoms with E-state index in [2.05, 4.69) is 11.4 Å². The fourth-order valence-electron chi connectivity index (χ4n) is 6.96. The minimum Gasteiger partial charge on any atom is -0.399 e. The number of anilines is 1. The van der Waals surface area contributed by atoms with Crippen molar-refractivity contribution in [2.24, 2.45) is 11.8 Å². The Morgan fingerprint density at radius 3 is 2.31 bits per heavy atom. The van der Waals surface area contributed by atoms with Gasteiger partial charge in [0.25, 0.3) is 0 Å². The number of ether oxygens (including phenoxy) is 2. The molecule has 1 fully saturated rings. The molecule has 4 amide bonds. The van der Waals surface area contributed by atoms with Crippen LogP contribution in [0.3, 0.4) is 0 Å². The third kappa shape index (κ3) is 11.1. The van der Waals surface area contributed by atoms with Crippen LogP contribution in [0.1, 0.15) is 72.3 Å². The second-order valence-corrected chi connectivity index (χ2v) is 14.7. The SMILES string of the molecule is CCC(C)C(C(CC(=O)N1CCCC1C(OC)C(C)C(=O)N(C)C(CC#N)Cc1cccc(N)c1)OC)N(C)C(=O)CNC(=O)C(C)(C)N(C)C. The summed E-state index contributed by atoms with van der Waals surface area (Å²) in [5, 5.41) is 12.3. The molecule has 0 aliphatic carbocycles. The molecule has 1 aromatic rings. The second-order valence-electron chi connectivity index (χ2n) is 14.7. The number of hydrogen-bond acceptors (Lipinski definition) is 9. The van der Waals surface area contributed by atoms with Gasteiger partial charge < -0.3 is 35.2 Å². The topological polar surface area (TPSA) is 162 Å². The van der Waals surface area contributed by atoms with Crippen molar-refractivity contribution in [1.29, 1.82) is 5.26 Å². The Balaban J connectivity index is 2.22. The molecular weight excluding hydrogens is 650 g/mol. The van der Waals surface area contributed by atoms with Gasteiger partial charge in [0.2, 0.25) is 23.6 Å². The second kappa shape index (κ2) is 19.8. The quantitative estimate of drug-likeness (QED) is 0.206. The lowest BCUT2D eigenvalue weighted by Gasteiger charge is -2.40. The molecule has 1 aromatic carbocycles. The van der Waals surface area contributed by atoms with Crippen molar-refractivity contribution in [2.45, 2.75) is 109 Å². The molecule has 51 heavy (non-hydrogen) atoms. The molecule has 286 valence electrons. The number of nitriles is 1. The lowest BCUT2D eigenvalue weighted by molar-refractivity contribution is -0.148. The van der Waals surface area contributed by atoms with Gasteiger partial charge in [-0.25, -0.2) is 0 Å². The number of likely N-dealkylation sites (tertiary alicyclic amines) is 1. The highest BCUT2D eigenvalue weighted by Crippen LogP contribution is 2.30. The first-order chi connectivity index (χ1) is 24.0. The van der Waals surface area contributed by atoms with Gasteiger partial charge in [0.05, 0.1) is 61.2 Å². The predicted octanol–water partition coefficient (Wildman–Crippen LogP) is 2.93. The number of nitrogens with one attached hydrogen (secondary N) is 1. The zero-order chi connectivity index (χ0) is 38.6. The summed E-state index contributed by atoms with van der Waals surface area (Å²) in [6.07, 6.45) is 1.65. The molecule has 3 N–H and O–H groups in total. The van der Waals surface area contributed by atoms with Gasteiger partial charge in [-0.1, -0.05) is 39.3 Å². The molecule has 7 unspecified atom stereocenters.